The van der Waals surface area contributed by atoms with Crippen LogP contribution < -0.4 is 5.32 Å². The van der Waals surface area contributed by atoms with E-state index in [9.17, 15) is 8.78 Å². The van der Waals surface area contributed by atoms with Crippen molar-refractivity contribution in [3.63, 3.8) is 0 Å². The summed E-state index contributed by atoms with van der Waals surface area (Å²) in [6.45, 7) is 3.76. The Morgan fingerprint density at radius 1 is 1.36 bits per heavy atom. The molecule has 0 aliphatic carbocycles. The number of thioether (sulfide) groups is 1. The second kappa shape index (κ2) is 5.98. The van der Waals surface area contributed by atoms with Gasteiger partial charge in [0.2, 0.25) is 0 Å². The number of halogens is 2. The fraction of sp³-hybridized carbons (Fsp3) is 0.400. The van der Waals surface area contributed by atoms with Crippen molar-refractivity contribution in [3.8, 4) is 0 Å². The Kier molecular flexibility index (Phi) is 4.90. The molecular formula is C10H13F2NS. The molecule has 0 atom stereocenters. The number of benzene rings is 1. The second-order valence-corrected chi connectivity index (χ2v) is 3.91. The highest BCUT2D eigenvalue weighted by Crippen LogP contribution is 2.21. The number of hydrogen-bond acceptors (Lipinski definition) is 2. The topological polar surface area (TPSA) is 12.0 Å². The van der Waals surface area contributed by atoms with Gasteiger partial charge in [-0.3, -0.25) is 0 Å². The molecule has 0 saturated heterocycles. The SMILES string of the molecule is CCNCCSc1ccc(F)cc1F. The molecule has 1 aromatic rings. The lowest BCUT2D eigenvalue weighted by Crippen LogP contribution is -2.15. The summed E-state index contributed by atoms with van der Waals surface area (Å²) in [5, 5.41) is 3.13. The van der Waals surface area contributed by atoms with Crippen LogP contribution in [0.3, 0.4) is 0 Å². The standard InChI is InChI=1S/C10H13F2NS/c1-2-13-5-6-14-10-4-3-8(11)7-9(10)12/h3-4,7,13H,2,5-6H2,1H3. The maximum atomic E-state index is 13.1. The molecule has 1 N–H and O–H groups in total. The third-order valence-electron chi connectivity index (χ3n) is 1.68. The average molecular weight is 217 g/mol. The van der Waals surface area contributed by atoms with Crippen molar-refractivity contribution in [2.24, 2.45) is 0 Å². The highest BCUT2D eigenvalue weighted by atomic mass is 32.2. The molecule has 0 unspecified atom stereocenters. The largest absolute Gasteiger partial charge is 0.316 e. The molecule has 78 valence electrons. The lowest BCUT2D eigenvalue weighted by molar-refractivity contribution is 0.565. The fourth-order valence-electron chi connectivity index (χ4n) is 1.00. The maximum Gasteiger partial charge on any atom is 0.139 e. The molecular weight excluding hydrogens is 204 g/mol. The van der Waals surface area contributed by atoms with Gasteiger partial charge in [0.05, 0.1) is 0 Å². The van der Waals surface area contributed by atoms with E-state index in [1.165, 1.54) is 23.9 Å². The van der Waals surface area contributed by atoms with Gasteiger partial charge in [0, 0.05) is 23.3 Å². The molecule has 0 aliphatic rings. The summed E-state index contributed by atoms with van der Waals surface area (Å²) >= 11 is 1.39. The summed E-state index contributed by atoms with van der Waals surface area (Å²) in [5.74, 6) is -0.221. The van der Waals surface area contributed by atoms with Crippen LogP contribution >= 0.6 is 11.8 Å². The van der Waals surface area contributed by atoms with Crippen molar-refractivity contribution >= 4 is 11.8 Å². The van der Waals surface area contributed by atoms with Gasteiger partial charge in [-0.25, -0.2) is 8.78 Å². The predicted molar refractivity (Wildman–Crippen MR) is 55.6 cm³/mol. The first-order chi connectivity index (χ1) is 6.74. The van der Waals surface area contributed by atoms with Crippen LogP contribution in [-0.2, 0) is 0 Å². The van der Waals surface area contributed by atoms with Crippen molar-refractivity contribution in [1.82, 2.24) is 5.32 Å². The zero-order valence-corrected chi connectivity index (χ0v) is 8.83. The van der Waals surface area contributed by atoms with Crippen LogP contribution in [0.15, 0.2) is 23.1 Å². The van der Waals surface area contributed by atoms with Gasteiger partial charge in [0.15, 0.2) is 0 Å². The van der Waals surface area contributed by atoms with E-state index >= 15 is 0 Å². The summed E-state index contributed by atoms with van der Waals surface area (Å²) in [5.41, 5.74) is 0. The molecule has 1 nitrogen and oxygen atoms in total. The van der Waals surface area contributed by atoms with E-state index < -0.39 is 11.6 Å². The Hall–Kier alpha value is -0.610. The third-order valence-corrected chi connectivity index (χ3v) is 2.73. The average Bonchev–Trinajstić information content (AvgIpc) is 2.15. The first-order valence-corrected chi connectivity index (χ1v) is 5.51. The summed E-state index contributed by atoms with van der Waals surface area (Å²) in [7, 11) is 0. The number of nitrogens with one attached hydrogen (secondary N) is 1. The van der Waals surface area contributed by atoms with Crippen molar-refractivity contribution in [2.75, 3.05) is 18.8 Å². The smallest absolute Gasteiger partial charge is 0.139 e. The maximum absolute atomic E-state index is 13.1. The molecule has 0 heterocycles. The van der Waals surface area contributed by atoms with Crippen molar-refractivity contribution in [2.45, 2.75) is 11.8 Å². The minimum absolute atomic E-state index is 0.480. The van der Waals surface area contributed by atoms with E-state index in [0.29, 0.717) is 4.90 Å². The van der Waals surface area contributed by atoms with Gasteiger partial charge in [-0.1, -0.05) is 6.92 Å². The van der Waals surface area contributed by atoms with Gasteiger partial charge in [-0.15, -0.1) is 11.8 Å². The summed E-state index contributed by atoms with van der Waals surface area (Å²) in [6.07, 6.45) is 0. The fourth-order valence-corrected chi connectivity index (χ4v) is 1.83. The van der Waals surface area contributed by atoms with Crippen molar-refractivity contribution in [1.29, 1.82) is 0 Å². The molecule has 14 heavy (non-hydrogen) atoms. The molecule has 1 aromatic carbocycles. The molecule has 1 rings (SSSR count). The molecule has 0 saturated carbocycles. The van der Waals surface area contributed by atoms with Crippen molar-refractivity contribution in [3.05, 3.63) is 29.8 Å². The van der Waals surface area contributed by atoms with Gasteiger partial charge in [0.1, 0.15) is 11.6 Å². The molecule has 0 radical (unpaired) electrons. The molecule has 0 bridgehead atoms. The first kappa shape index (κ1) is 11.5. The lowest BCUT2D eigenvalue weighted by Gasteiger charge is -2.03. The van der Waals surface area contributed by atoms with E-state index in [0.717, 1.165) is 24.9 Å². The van der Waals surface area contributed by atoms with Crippen LogP contribution in [0.5, 0.6) is 0 Å². The minimum atomic E-state index is -0.529. The predicted octanol–water partition coefficient (Wildman–Crippen LogP) is 2.67. The molecule has 0 aromatic heterocycles. The van der Waals surface area contributed by atoms with Crippen LogP contribution in [-0.4, -0.2) is 18.8 Å². The van der Waals surface area contributed by atoms with Gasteiger partial charge >= 0.3 is 0 Å². The van der Waals surface area contributed by atoms with Crippen molar-refractivity contribution < 1.29 is 8.78 Å². The Labute approximate surface area is 86.9 Å². The summed E-state index contributed by atoms with van der Waals surface area (Å²) < 4.78 is 25.6. The quantitative estimate of drug-likeness (QED) is 0.601. The van der Waals surface area contributed by atoms with Gasteiger partial charge in [-0.2, -0.15) is 0 Å². The van der Waals surface area contributed by atoms with Crippen LogP contribution in [0.1, 0.15) is 6.92 Å². The lowest BCUT2D eigenvalue weighted by atomic mass is 10.3. The molecule has 0 fully saturated rings. The zero-order chi connectivity index (χ0) is 10.4. The number of rotatable bonds is 5. The molecule has 0 amide bonds. The van der Waals surface area contributed by atoms with Crippen LogP contribution in [0.25, 0.3) is 0 Å². The van der Waals surface area contributed by atoms with Crippen LogP contribution in [0.2, 0.25) is 0 Å². The molecule has 0 spiro atoms. The van der Waals surface area contributed by atoms with Crippen LogP contribution in [0, 0.1) is 11.6 Å². The van der Waals surface area contributed by atoms with E-state index in [1.807, 2.05) is 6.92 Å². The highest BCUT2D eigenvalue weighted by Gasteiger charge is 2.03. The zero-order valence-electron chi connectivity index (χ0n) is 8.02. The second-order valence-electron chi connectivity index (χ2n) is 2.78. The monoisotopic (exact) mass is 217 g/mol. The van der Waals surface area contributed by atoms with Gasteiger partial charge in [-0.05, 0) is 18.7 Å². The Bertz CT molecular complexity index is 291. The van der Waals surface area contributed by atoms with E-state index in [4.69, 9.17) is 0 Å². The summed E-state index contributed by atoms with van der Waals surface area (Å²) in [4.78, 5) is 0.504. The Morgan fingerprint density at radius 2 is 2.14 bits per heavy atom. The van der Waals surface area contributed by atoms with E-state index in [-0.39, 0.29) is 0 Å². The molecule has 4 heteroatoms. The highest BCUT2D eigenvalue weighted by molar-refractivity contribution is 7.99. The van der Waals surface area contributed by atoms with Gasteiger partial charge in [0.25, 0.3) is 0 Å². The van der Waals surface area contributed by atoms with E-state index in [2.05, 4.69) is 5.32 Å². The first-order valence-electron chi connectivity index (χ1n) is 4.52. The normalized spacial score (nSPS) is 10.5. The van der Waals surface area contributed by atoms with E-state index in [1.54, 1.807) is 0 Å². The third kappa shape index (κ3) is 3.64. The summed E-state index contributed by atoms with van der Waals surface area (Å²) in [6, 6.07) is 3.66. The minimum Gasteiger partial charge on any atom is -0.316 e. The Morgan fingerprint density at radius 3 is 2.79 bits per heavy atom. The number of hydrogen-bond donors (Lipinski definition) is 1. The Balaban J connectivity index is 2.42. The van der Waals surface area contributed by atoms with Gasteiger partial charge < -0.3 is 5.32 Å². The molecule has 0 aliphatic heterocycles. The van der Waals surface area contributed by atoms with Crippen LogP contribution in [0.4, 0.5) is 8.78 Å².